The third kappa shape index (κ3) is 2.83. The van der Waals surface area contributed by atoms with Crippen molar-refractivity contribution in [2.75, 3.05) is 0 Å². The summed E-state index contributed by atoms with van der Waals surface area (Å²) in [7, 11) is 0. The van der Waals surface area contributed by atoms with Crippen LogP contribution in [0.1, 0.15) is 33.1 Å². The van der Waals surface area contributed by atoms with Crippen LogP contribution >= 0.6 is 11.9 Å². The molecule has 1 aliphatic rings. The summed E-state index contributed by atoms with van der Waals surface area (Å²) in [6, 6.07) is 0.141. The molecule has 0 spiro atoms. The molecule has 64 valence electrons. The van der Waals surface area contributed by atoms with Gasteiger partial charge >= 0.3 is 0 Å². The van der Waals surface area contributed by atoms with Gasteiger partial charge in [-0.2, -0.15) is 0 Å². The molecule has 1 rings (SSSR count). The lowest BCUT2D eigenvalue weighted by Gasteiger charge is -2.11. The molecular formula is C8H15NOS. The van der Waals surface area contributed by atoms with Gasteiger partial charge in [0.25, 0.3) is 0 Å². The molecule has 1 atom stereocenters. The van der Waals surface area contributed by atoms with Gasteiger partial charge in [-0.25, -0.2) is 0 Å². The summed E-state index contributed by atoms with van der Waals surface area (Å²) in [5.41, 5.74) is 0. The Kier molecular flexibility index (Phi) is 3.40. The maximum absolute atomic E-state index is 11.1. The van der Waals surface area contributed by atoms with Crippen LogP contribution in [0.3, 0.4) is 0 Å². The van der Waals surface area contributed by atoms with E-state index in [0.29, 0.717) is 11.0 Å². The topological polar surface area (TPSA) is 29.1 Å². The van der Waals surface area contributed by atoms with Crippen LogP contribution in [0.25, 0.3) is 0 Å². The van der Waals surface area contributed by atoms with Crippen LogP contribution in [0.4, 0.5) is 0 Å². The largest absolute Gasteiger partial charge is 0.298 e. The molecule has 0 aromatic rings. The van der Waals surface area contributed by atoms with Crippen LogP contribution < -0.4 is 4.72 Å². The van der Waals surface area contributed by atoms with Crippen molar-refractivity contribution in [3.8, 4) is 0 Å². The fourth-order valence-corrected chi connectivity index (χ4v) is 1.84. The molecule has 0 saturated heterocycles. The molecule has 0 aromatic heterocycles. The minimum Gasteiger partial charge on any atom is -0.298 e. The third-order valence-electron chi connectivity index (χ3n) is 1.75. The number of hydrogen-bond donors (Lipinski definition) is 1. The Morgan fingerprint density at radius 3 is 2.82 bits per heavy atom. The Hall–Kier alpha value is -0.0200. The van der Waals surface area contributed by atoms with Gasteiger partial charge in [-0.05, 0) is 12.8 Å². The van der Waals surface area contributed by atoms with Crippen molar-refractivity contribution < 1.29 is 4.79 Å². The van der Waals surface area contributed by atoms with Crippen LogP contribution in [-0.2, 0) is 4.79 Å². The molecule has 1 unspecified atom stereocenters. The van der Waals surface area contributed by atoms with Crippen molar-refractivity contribution in [2.45, 2.75) is 44.4 Å². The van der Waals surface area contributed by atoms with E-state index in [0.717, 1.165) is 19.3 Å². The molecule has 1 saturated carbocycles. The SMILES string of the molecule is CC(C)SNC1CCCC1=O. The molecular weight excluding hydrogens is 158 g/mol. The van der Waals surface area contributed by atoms with Crippen molar-refractivity contribution in [1.29, 1.82) is 0 Å². The van der Waals surface area contributed by atoms with Gasteiger partial charge in [0, 0.05) is 11.7 Å². The van der Waals surface area contributed by atoms with E-state index in [4.69, 9.17) is 0 Å². The van der Waals surface area contributed by atoms with Gasteiger partial charge in [0.1, 0.15) is 0 Å². The fraction of sp³-hybridized carbons (Fsp3) is 0.875. The molecule has 0 aliphatic heterocycles. The first-order valence-corrected chi connectivity index (χ1v) is 5.02. The summed E-state index contributed by atoms with van der Waals surface area (Å²) >= 11 is 1.66. The highest BCUT2D eigenvalue weighted by Gasteiger charge is 2.23. The summed E-state index contributed by atoms with van der Waals surface area (Å²) in [6.07, 6.45) is 2.87. The van der Waals surface area contributed by atoms with Crippen molar-refractivity contribution in [1.82, 2.24) is 4.72 Å². The van der Waals surface area contributed by atoms with Gasteiger partial charge in [0.05, 0.1) is 6.04 Å². The zero-order valence-electron chi connectivity index (χ0n) is 7.09. The summed E-state index contributed by atoms with van der Waals surface area (Å²) < 4.78 is 3.20. The van der Waals surface area contributed by atoms with E-state index >= 15 is 0 Å². The van der Waals surface area contributed by atoms with E-state index in [1.807, 2.05) is 0 Å². The molecule has 0 amide bonds. The molecule has 11 heavy (non-hydrogen) atoms. The van der Waals surface area contributed by atoms with Gasteiger partial charge in [-0.3, -0.25) is 9.52 Å². The summed E-state index contributed by atoms with van der Waals surface area (Å²) in [5.74, 6) is 0.387. The number of carbonyl (C=O) groups excluding carboxylic acids is 1. The second-order valence-corrected chi connectivity index (χ2v) is 4.61. The maximum Gasteiger partial charge on any atom is 0.150 e. The Morgan fingerprint density at radius 1 is 1.64 bits per heavy atom. The van der Waals surface area contributed by atoms with Crippen LogP contribution in [-0.4, -0.2) is 17.1 Å². The van der Waals surface area contributed by atoms with Crippen molar-refractivity contribution in [3.63, 3.8) is 0 Å². The van der Waals surface area contributed by atoms with E-state index in [-0.39, 0.29) is 6.04 Å². The number of ketones is 1. The van der Waals surface area contributed by atoms with Crippen LogP contribution in [0, 0.1) is 0 Å². The number of hydrogen-bond acceptors (Lipinski definition) is 3. The predicted molar refractivity (Wildman–Crippen MR) is 48.5 cm³/mol. The molecule has 1 N–H and O–H groups in total. The highest BCUT2D eigenvalue weighted by molar-refractivity contribution is 7.98. The Morgan fingerprint density at radius 2 is 2.36 bits per heavy atom. The normalized spacial score (nSPS) is 25.0. The monoisotopic (exact) mass is 173 g/mol. The van der Waals surface area contributed by atoms with Crippen LogP contribution in [0.15, 0.2) is 0 Å². The average molecular weight is 173 g/mol. The second kappa shape index (κ2) is 4.12. The molecule has 1 fully saturated rings. The fourth-order valence-electron chi connectivity index (χ4n) is 1.16. The van der Waals surface area contributed by atoms with Crippen molar-refractivity contribution in [3.05, 3.63) is 0 Å². The Bertz CT molecular complexity index is 147. The smallest absolute Gasteiger partial charge is 0.150 e. The standard InChI is InChI=1S/C8H15NOS/c1-6(2)11-9-7-4-3-5-8(7)10/h6-7,9H,3-5H2,1-2H3. The van der Waals surface area contributed by atoms with Crippen LogP contribution in [0.5, 0.6) is 0 Å². The molecule has 0 radical (unpaired) electrons. The third-order valence-corrected chi connectivity index (χ3v) is 2.64. The molecule has 3 heteroatoms. The summed E-state index contributed by atoms with van der Waals surface area (Å²) in [6.45, 7) is 4.24. The average Bonchev–Trinajstić information content (AvgIpc) is 2.31. The number of Topliss-reactive ketones (excluding diaryl/α,β-unsaturated/α-hetero) is 1. The molecule has 1 aliphatic carbocycles. The lowest BCUT2D eigenvalue weighted by molar-refractivity contribution is -0.118. The Balaban J connectivity index is 2.20. The van der Waals surface area contributed by atoms with E-state index in [2.05, 4.69) is 18.6 Å². The van der Waals surface area contributed by atoms with Gasteiger partial charge in [0.15, 0.2) is 5.78 Å². The Labute approximate surface area is 72.3 Å². The number of nitrogens with one attached hydrogen (secondary N) is 1. The molecule has 0 bridgehead atoms. The number of rotatable bonds is 3. The first kappa shape index (κ1) is 9.07. The minimum atomic E-state index is 0.141. The zero-order chi connectivity index (χ0) is 8.27. The van der Waals surface area contributed by atoms with Gasteiger partial charge < -0.3 is 0 Å². The van der Waals surface area contributed by atoms with Gasteiger partial charge in [-0.15, -0.1) is 0 Å². The zero-order valence-corrected chi connectivity index (χ0v) is 7.91. The lowest BCUT2D eigenvalue weighted by Crippen LogP contribution is -2.28. The molecule has 0 heterocycles. The first-order valence-electron chi connectivity index (χ1n) is 4.14. The second-order valence-electron chi connectivity index (χ2n) is 3.20. The van der Waals surface area contributed by atoms with E-state index in [9.17, 15) is 4.79 Å². The van der Waals surface area contributed by atoms with E-state index in [1.54, 1.807) is 11.9 Å². The summed E-state index contributed by atoms with van der Waals surface area (Å²) in [5, 5.41) is 0.559. The molecule has 0 aromatic carbocycles. The minimum absolute atomic E-state index is 0.141. The molecule has 2 nitrogen and oxygen atoms in total. The van der Waals surface area contributed by atoms with E-state index < -0.39 is 0 Å². The maximum atomic E-state index is 11.1. The predicted octanol–water partition coefficient (Wildman–Crippen LogP) is 1.75. The highest BCUT2D eigenvalue weighted by Crippen LogP contribution is 2.17. The quantitative estimate of drug-likeness (QED) is 0.659. The van der Waals surface area contributed by atoms with Crippen LogP contribution in [0.2, 0.25) is 0 Å². The first-order chi connectivity index (χ1) is 5.20. The van der Waals surface area contributed by atoms with E-state index in [1.165, 1.54) is 0 Å². The highest BCUT2D eigenvalue weighted by atomic mass is 32.2. The number of carbonyl (C=O) groups is 1. The lowest BCUT2D eigenvalue weighted by atomic mass is 10.3. The van der Waals surface area contributed by atoms with Crippen molar-refractivity contribution in [2.24, 2.45) is 0 Å². The van der Waals surface area contributed by atoms with Gasteiger partial charge in [0.2, 0.25) is 0 Å². The summed E-state index contributed by atoms with van der Waals surface area (Å²) in [4.78, 5) is 11.1. The van der Waals surface area contributed by atoms with Crippen molar-refractivity contribution >= 4 is 17.7 Å². The van der Waals surface area contributed by atoms with Gasteiger partial charge in [-0.1, -0.05) is 25.8 Å².